The summed E-state index contributed by atoms with van der Waals surface area (Å²) in [6.07, 6.45) is -1.29. The highest BCUT2D eigenvalue weighted by Crippen LogP contribution is 2.27. The summed E-state index contributed by atoms with van der Waals surface area (Å²) in [6.45, 7) is 2.49. The van der Waals surface area contributed by atoms with E-state index in [-0.39, 0.29) is 18.1 Å². The zero-order chi connectivity index (χ0) is 28.8. The van der Waals surface area contributed by atoms with Crippen LogP contribution in [0.2, 0.25) is 0 Å². The van der Waals surface area contributed by atoms with Gasteiger partial charge in [-0.2, -0.15) is 13.2 Å². The lowest BCUT2D eigenvalue weighted by molar-refractivity contribution is -0.192. The lowest BCUT2D eigenvalue weighted by Gasteiger charge is -2.31. The fraction of sp³-hybridized carbons (Fsp3) is 0.292. The predicted octanol–water partition coefficient (Wildman–Crippen LogP) is 4.32. The van der Waals surface area contributed by atoms with E-state index in [4.69, 9.17) is 9.90 Å². The highest BCUT2D eigenvalue weighted by Gasteiger charge is 2.38. The van der Waals surface area contributed by atoms with E-state index in [1.54, 1.807) is 6.07 Å². The molecule has 4 rings (SSSR count). The molecule has 0 bridgehead atoms. The summed E-state index contributed by atoms with van der Waals surface area (Å²) in [7, 11) is -4.35. The average molecular weight is 577 g/mol. The number of benzene rings is 2. The number of hydrogen-bond acceptors (Lipinski definition) is 7. The molecule has 39 heavy (non-hydrogen) atoms. The minimum atomic E-state index is -5.08. The molecule has 0 radical (unpaired) electrons. The highest BCUT2D eigenvalue weighted by atomic mass is 32.2. The number of halogens is 6. The number of carbonyl (C=O) groups is 1. The van der Waals surface area contributed by atoms with Crippen LogP contribution in [0.4, 0.5) is 32.0 Å². The van der Waals surface area contributed by atoms with Gasteiger partial charge in [-0.25, -0.2) is 36.4 Å². The third-order valence-corrected chi connectivity index (χ3v) is 7.17. The van der Waals surface area contributed by atoms with Crippen molar-refractivity contribution in [2.75, 3.05) is 18.4 Å². The van der Waals surface area contributed by atoms with Crippen LogP contribution in [0.5, 0.6) is 0 Å². The third kappa shape index (κ3) is 8.13. The van der Waals surface area contributed by atoms with Gasteiger partial charge in [0.2, 0.25) is 0 Å². The molecule has 1 fully saturated rings. The van der Waals surface area contributed by atoms with Crippen LogP contribution >= 0.6 is 0 Å². The second kappa shape index (κ2) is 12.4. The molecule has 0 aliphatic carbocycles. The number of alkyl halides is 3. The van der Waals surface area contributed by atoms with Crippen molar-refractivity contribution in [2.45, 2.75) is 36.3 Å². The van der Waals surface area contributed by atoms with Gasteiger partial charge in [-0.3, -0.25) is 4.90 Å². The van der Waals surface area contributed by atoms with Gasteiger partial charge in [-0.15, -0.1) is 0 Å². The molecule has 0 amide bonds. The number of nitrogens with one attached hydrogen (secondary N) is 1. The van der Waals surface area contributed by atoms with Crippen molar-refractivity contribution in [3.63, 3.8) is 0 Å². The van der Waals surface area contributed by atoms with Gasteiger partial charge in [0, 0.05) is 36.7 Å². The van der Waals surface area contributed by atoms with E-state index >= 15 is 0 Å². The molecule has 0 saturated carbocycles. The standard InChI is InChI=1S/C22H21F3N4O2S.C2HF3O2/c23-18-5-1-4-15(13-29-8-3-9-29)17(18)12-28-16-10-19(24)22(20(25)11-16)32(30,31)14-21-26-6-2-7-27-21;3-2(4,5)1(6)7/h1-2,4-7,10-11,28H,3,8-9,12-14H2;(H,6,7). The SMILES string of the molecule is O=C(O)C(F)(F)F.O=S(=O)(Cc1ncccn1)c1c(F)cc(NCc2c(F)cccc2CN2CCC2)cc1F. The molecular weight excluding hydrogens is 554 g/mol. The minimum absolute atomic E-state index is 0.00131. The van der Waals surface area contributed by atoms with Crippen LogP contribution in [0.1, 0.15) is 23.4 Å². The van der Waals surface area contributed by atoms with Crippen molar-refractivity contribution in [1.82, 2.24) is 14.9 Å². The molecule has 3 aromatic rings. The Morgan fingerprint density at radius 3 is 2.10 bits per heavy atom. The summed E-state index contributed by atoms with van der Waals surface area (Å²) in [5.41, 5.74) is 1.20. The first kappa shape index (κ1) is 29.8. The van der Waals surface area contributed by atoms with Crippen molar-refractivity contribution in [2.24, 2.45) is 0 Å². The first-order valence-electron chi connectivity index (χ1n) is 11.3. The second-order valence-corrected chi connectivity index (χ2v) is 10.3. The van der Waals surface area contributed by atoms with Gasteiger partial charge in [-0.1, -0.05) is 12.1 Å². The number of nitrogens with zero attached hydrogens (tertiary/aromatic N) is 3. The maximum Gasteiger partial charge on any atom is 0.490 e. The largest absolute Gasteiger partial charge is 0.490 e. The number of anilines is 1. The van der Waals surface area contributed by atoms with Gasteiger partial charge < -0.3 is 10.4 Å². The summed E-state index contributed by atoms with van der Waals surface area (Å²) in [5.74, 6) is -6.45. The predicted molar refractivity (Wildman–Crippen MR) is 127 cm³/mol. The van der Waals surface area contributed by atoms with E-state index in [1.807, 2.05) is 6.07 Å². The number of carboxylic acids is 1. The van der Waals surface area contributed by atoms with Crippen LogP contribution in [-0.2, 0) is 33.5 Å². The van der Waals surface area contributed by atoms with Gasteiger partial charge in [0.15, 0.2) is 9.84 Å². The molecule has 0 atom stereocenters. The van der Waals surface area contributed by atoms with E-state index in [9.17, 15) is 34.8 Å². The summed E-state index contributed by atoms with van der Waals surface area (Å²) in [4.78, 5) is 17.6. The molecule has 2 aromatic carbocycles. The minimum Gasteiger partial charge on any atom is -0.475 e. The van der Waals surface area contributed by atoms with Gasteiger partial charge in [0.05, 0.1) is 0 Å². The summed E-state index contributed by atoms with van der Waals surface area (Å²) in [6, 6.07) is 8.06. The lowest BCUT2D eigenvalue weighted by Crippen LogP contribution is -2.36. The topological polar surface area (TPSA) is 112 Å². The number of rotatable bonds is 8. The summed E-state index contributed by atoms with van der Waals surface area (Å²) < 4.78 is 100. The normalized spacial score (nSPS) is 13.7. The molecular formula is C24H22F6N4O4S. The molecule has 2 heterocycles. The molecule has 2 N–H and O–H groups in total. The number of sulfone groups is 1. The van der Waals surface area contributed by atoms with Crippen molar-refractivity contribution in [3.8, 4) is 0 Å². The van der Waals surface area contributed by atoms with Gasteiger partial charge in [0.25, 0.3) is 0 Å². The Bertz CT molecular complexity index is 1390. The molecule has 1 aliphatic rings. The molecule has 1 aromatic heterocycles. The fourth-order valence-electron chi connectivity index (χ4n) is 3.53. The molecule has 210 valence electrons. The Morgan fingerprint density at radius 2 is 1.59 bits per heavy atom. The van der Waals surface area contributed by atoms with Crippen LogP contribution in [0.3, 0.4) is 0 Å². The molecule has 8 nitrogen and oxygen atoms in total. The molecule has 15 heteroatoms. The molecule has 1 aliphatic heterocycles. The number of aliphatic carboxylic acids is 1. The van der Waals surface area contributed by atoms with Crippen molar-refractivity contribution < 1.29 is 44.7 Å². The van der Waals surface area contributed by atoms with E-state index in [0.717, 1.165) is 37.2 Å². The third-order valence-electron chi connectivity index (χ3n) is 5.52. The number of hydrogen-bond donors (Lipinski definition) is 2. The first-order valence-corrected chi connectivity index (χ1v) is 12.9. The Labute approximate surface area is 219 Å². The van der Waals surface area contributed by atoms with Crippen molar-refractivity contribution in [1.29, 1.82) is 0 Å². The maximum absolute atomic E-state index is 14.6. The van der Waals surface area contributed by atoms with Crippen LogP contribution in [0.25, 0.3) is 0 Å². The van der Waals surface area contributed by atoms with E-state index < -0.39 is 50.1 Å². The van der Waals surface area contributed by atoms with E-state index in [1.165, 1.54) is 24.5 Å². The maximum atomic E-state index is 14.6. The Kier molecular flexibility index (Phi) is 9.50. The Balaban J connectivity index is 0.000000532. The van der Waals surface area contributed by atoms with Crippen molar-refractivity contribution >= 4 is 21.5 Å². The first-order chi connectivity index (χ1) is 18.3. The van der Waals surface area contributed by atoms with Crippen LogP contribution in [-0.4, -0.2) is 53.6 Å². The van der Waals surface area contributed by atoms with Gasteiger partial charge in [-0.05, 0) is 49.3 Å². The average Bonchev–Trinajstić information content (AvgIpc) is 2.80. The quantitative estimate of drug-likeness (QED) is 0.382. The van der Waals surface area contributed by atoms with Gasteiger partial charge >= 0.3 is 12.1 Å². The van der Waals surface area contributed by atoms with Crippen molar-refractivity contribution in [3.05, 3.63) is 83.2 Å². The second-order valence-electron chi connectivity index (χ2n) is 8.36. The molecule has 0 unspecified atom stereocenters. The smallest absolute Gasteiger partial charge is 0.475 e. The number of likely N-dealkylation sites (tertiary alicyclic amines) is 1. The Morgan fingerprint density at radius 1 is 1.00 bits per heavy atom. The zero-order valence-corrected chi connectivity index (χ0v) is 20.9. The number of aromatic nitrogens is 2. The van der Waals surface area contributed by atoms with E-state index in [2.05, 4.69) is 20.2 Å². The Hall–Kier alpha value is -3.72. The van der Waals surface area contributed by atoms with Crippen LogP contribution in [0.15, 0.2) is 53.7 Å². The van der Waals surface area contributed by atoms with Crippen LogP contribution in [0, 0.1) is 17.5 Å². The van der Waals surface area contributed by atoms with Crippen LogP contribution < -0.4 is 5.32 Å². The molecule has 0 spiro atoms. The fourth-order valence-corrected chi connectivity index (χ4v) is 4.87. The highest BCUT2D eigenvalue weighted by molar-refractivity contribution is 7.90. The van der Waals surface area contributed by atoms with E-state index in [0.29, 0.717) is 12.1 Å². The molecule has 1 saturated heterocycles. The monoisotopic (exact) mass is 576 g/mol. The zero-order valence-electron chi connectivity index (χ0n) is 20.1. The lowest BCUT2D eigenvalue weighted by atomic mass is 10.0. The van der Waals surface area contributed by atoms with Gasteiger partial charge in [0.1, 0.15) is 33.9 Å². The number of carboxylic acid groups (broad SMARTS) is 1. The summed E-state index contributed by atoms with van der Waals surface area (Å²) >= 11 is 0. The summed E-state index contributed by atoms with van der Waals surface area (Å²) in [5, 5.41) is 9.93.